The zero-order chi connectivity index (χ0) is 19.3. The van der Waals surface area contributed by atoms with Crippen molar-refractivity contribution in [3.05, 3.63) is 112 Å². The summed E-state index contributed by atoms with van der Waals surface area (Å²) in [6, 6.07) is 29.2. The van der Waals surface area contributed by atoms with E-state index in [0.717, 1.165) is 23.2 Å². The van der Waals surface area contributed by atoms with E-state index in [1.54, 1.807) is 4.68 Å². The molecule has 0 saturated carbocycles. The normalized spacial score (nSPS) is 10.8. The summed E-state index contributed by atoms with van der Waals surface area (Å²) >= 11 is 6.02. The first-order valence-electron chi connectivity index (χ1n) is 9.18. The van der Waals surface area contributed by atoms with Gasteiger partial charge in [-0.15, -0.1) is 0 Å². The van der Waals surface area contributed by atoms with Crippen molar-refractivity contribution in [2.45, 2.75) is 13.0 Å². The maximum absolute atomic E-state index is 13.1. The maximum Gasteiger partial charge on any atom is 0.274 e. The lowest BCUT2D eigenvalue weighted by atomic mass is 10.0. The van der Waals surface area contributed by atoms with Gasteiger partial charge in [0.2, 0.25) is 0 Å². The molecule has 0 N–H and O–H groups in total. The third-order valence-electron chi connectivity index (χ3n) is 4.65. The quantitative estimate of drug-likeness (QED) is 0.455. The van der Waals surface area contributed by atoms with Crippen molar-refractivity contribution < 1.29 is 0 Å². The minimum Gasteiger partial charge on any atom is -0.267 e. The van der Waals surface area contributed by atoms with Gasteiger partial charge in [-0.3, -0.25) is 4.79 Å². The smallest absolute Gasteiger partial charge is 0.267 e. The average molecular weight is 387 g/mol. The third-order valence-corrected chi connectivity index (χ3v) is 4.91. The fourth-order valence-corrected chi connectivity index (χ4v) is 3.29. The molecule has 0 unspecified atom stereocenters. The van der Waals surface area contributed by atoms with Crippen LogP contribution in [0.5, 0.6) is 0 Å². The zero-order valence-electron chi connectivity index (χ0n) is 15.3. The van der Waals surface area contributed by atoms with Gasteiger partial charge in [-0.2, -0.15) is 5.10 Å². The van der Waals surface area contributed by atoms with Crippen molar-refractivity contribution in [2.75, 3.05) is 0 Å². The molecule has 28 heavy (non-hydrogen) atoms. The predicted octanol–water partition coefficient (Wildman–Crippen LogP) is 5.47. The highest BCUT2D eigenvalue weighted by Crippen LogP contribution is 2.23. The number of aromatic nitrogens is 2. The van der Waals surface area contributed by atoms with Gasteiger partial charge in [-0.25, -0.2) is 4.68 Å². The number of benzene rings is 3. The van der Waals surface area contributed by atoms with Crippen molar-refractivity contribution in [3.8, 4) is 22.4 Å². The number of halogens is 1. The molecule has 0 amide bonds. The Morgan fingerprint density at radius 3 is 2.11 bits per heavy atom. The number of nitrogens with zero attached hydrogens (tertiary/aromatic N) is 2. The van der Waals surface area contributed by atoms with Gasteiger partial charge >= 0.3 is 0 Å². The standard InChI is InChI=1S/C24H19ClN2O/c25-21-13-11-20(12-14-21)23-17-22(19-9-5-2-6-10-19)24(28)27(26-23)16-15-18-7-3-1-4-8-18/h1-14,17H,15-16H2. The van der Waals surface area contributed by atoms with Gasteiger partial charge in [0.25, 0.3) is 5.56 Å². The van der Waals surface area contributed by atoms with Gasteiger partial charge in [0.05, 0.1) is 11.3 Å². The van der Waals surface area contributed by atoms with E-state index in [1.807, 2.05) is 78.9 Å². The lowest BCUT2D eigenvalue weighted by Gasteiger charge is -2.11. The molecule has 3 nitrogen and oxygen atoms in total. The monoisotopic (exact) mass is 386 g/mol. The number of hydrogen-bond donors (Lipinski definition) is 0. The van der Waals surface area contributed by atoms with Crippen molar-refractivity contribution in [1.82, 2.24) is 9.78 Å². The van der Waals surface area contributed by atoms with Crippen LogP contribution in [0.4, 0.5) is 0 Å². The molecule has 0 saturated heterocycles. The van der Waals surface area contributed by atoms with E-state index in [2.05, 4.69) is 17.2 Å². The molecule has 1 heterocycles. The van der Waals surface area contributed by atoms with Gasteiger partial charge < -0.3 is 0 Å². The molecule has 0 aliphatic rings. The maximum atomic E-state index is 13.1. The highest BCUT2D eigenvalue weighted by Gasteiger charge is 2.12. The van der Waals surface area contributed by atoms with Gasteiger partial charge in [-0.1, -0.05) is 84.4 Å². The van der Waals surface area contributed by atoms with Crippen LogP contribution in [0.3, 0.4) is 0 Å². The Morgan fingerprint density at radius 1 is 0.786 bits per heavy atom. The topological polar surface area (TPSA) is 34.9 Å². The van der Waals surface area contributed by atoms with Gasteiger partial charge in [0.15, 0.2) is 0 Å². The third kappa shape index (κ3) is 4.05. The lowest BCUT2D eigenvalue weighted by Crippen LogP contribution is -2.26. The fourth-order valence-electron chi connectivity index (χ4n) is 3.16. The minimum absolute atomic E-state index is 0.0835. The van der Waals surface area contributed by atoms with Crippen LogP contribution in [-0.4, -0.2) is 9.78 Å². The predicted molar refractivity (Wildman–Crippen MR) is 115 cm³/mol. The molecule has 4 heteroatoms. The Labute approximate surface area is 168 Å². The summed E-state index contributed by atoms with van der Waals surface area (Å²) in [6.07, 6.45) is 0.742. The van der Waals surface area contributed by atoms with Crippen molar-refractivity contribution in [2.24, 2.45) is 0 Å². The molecule has 0 fully saturated rings. The van der Waals surface area contributed by atoms with Gasteiger partial charge in [0, 0.05) is 17.1 Å². The fraction of sp³-hybridized carbons (Fsp3) is 0.0833. The molecule has 0 bridgehead atoms. The van der Waals surface area contributed by atoms with Crippen molar-refractivity contribution in [3.63, 3.8) is 0 Å². The lowest BCUT2D eigenvalue weighted by molar-refractivity contribution is 0.582. The summed E-state index contributed by atoms with van der Waals surface area (Å²) < 4.78 is 1.57. The summed E-state index contributed by atoms with van der Waals surface area (Å²) in [7, 11) is 0. The molecular weight excluding hydrogens is 368 g/mol. The van der Waals surface area contributed by atoms with Crippen LogP contribution in [0, 0.1) is 0 Å². The van der Waals surface area contributed by atoms with E-state index in [4.69, 9.17) is 11.6 Å². The second-order valence-electron chi connectivity index (χ2n) is 6.58. The van der Waals surface area contributed by atoms with Crippen LogP contribution in [0.25, 0.3) is 22.4 Å². The molecule has 0 atom stereocenters. The SMILES string of the molecule is O=c1c(-c2ccccc2)cc(-c2ccc(Cl)cc2)nn1CCc1ccccc1. The van der Waals surface area contributed by atoms with E-state index < -0.39 is 0 Å². The van der Waals surface area contributed by atoms with Gasteiger partial charge in [0.1, 0.15) is 0 Å². The van der Waals surface area contributed by atoms with E-state index >= 15 is 0 Å². The molecule has 3 aromatic carbocycles. The number of aryl methyl sites for hydroxylation is 2. The van der Waals surface area contributed by atoms with E-state index in [0.29, 0.717) is 17.1 Å². The largest absolute Gasteiger partial charge is 0.274 e. The molecular formula is C24H19ClN2O. The first-order valence-corrected chi connectivity index (χ1v) is 9.56. The molecule has 1 aromatic heterocycles. The van der Waals surface area contributed by atoms with Crippen LogP contribution in [0.1, 0.15) is 5.56 Å². The van der Waals surface area contributed by atoms with Crippen LogP contribution in [0.15, 0.2) is 95.8 Å². The second kappa shape index (κ2) is 8.24. The average Bonchev–Trinajstić information content (AvgIpc) is 2.75. The highest BCUT2D eigenvalue weighted by atomic mass is 35.5. The summed E-state index contributed by atoms with van der Waals surface area (Å²) in [4.78, 5) is 13.1. The Hall–Kier alpha value is -3.17. The van der Waals surface area contributed by atoms with Crippen LogP contribution >= 0.6 is 11.6 Å². The van der Waals surface area contributed by atoms with Crippen LogP contribution in [-0.2, 0) is 13.0 Å². The summed E-state index contributed by atoms with van der Waals surface area (Å²) in [5, 5.41) is 5.31. The molecule has 4 rings (SSSR count). The van der Waals surface area contributed by atoms with Gasteiger partial charge in [-0.05, 0) is 35.7 Å². The Kier molecular flexibility index (Phi) is 5.36. The summed E-state index contributed by atoms with van der Waals surface area (Å²) in [5.41, 5.74) is 4.31. The Bertz CT molecular complexity index is 1120. The van der Waals surface area contributed by atoms with Crippen LogP contribution < -0.4 is 5.56 Å². The van der Waals surface area contributed by atoms with E-state index in [-0.39, 0.29) is 5.56 Å². The van der Waals surface area contributed by atoms with Crippen molar-refractivity contribution >= 4 is 11.6 Å². The molecule has 4 aromatic rings. The molecule has 0 aliphatic heterocycles. The number of rotatable bonds is 5. The number of hydrogen-bond acceptors (Lipinski definition) is 2. The second-order valence-corrected chi connectivity index (χ2v) is 7.02. The minimum atomic E-state index is -0.0835. The van der Waals surface area contributed by atoms with Crippen LogP contribution in [0.2, 0.25) is 5.02 Å². The first-order chi connectivity index (χ1) is 13.7. The molecule has 0 radical (unpaired) electrons. The Morgan fingerprint density at radius 2 is 1.43 bits per heavy atom. The summed E-state index contributed by atoms with van der Waals surface area (Å²) in [6.45, 7) is 0.518. The molecule has 138 valence electrons. The van der Waals surface area contributed by atoms with E-state index in [1.165, 1.54) is 5.56 Å². The van der Waals surface area contributed by atoms with Crippen molar-refractivity contribution in [1.29, 1.82) is 0 Å². The van der Waals surface area contributed by atoms with E-state index in [9.17, 15) is 4.79 Å². The molecule has 0 aliphatic carbocycles. The molecule has 0 spiro atoms. The highest BCUT2D eigenvalue weighted by molar-refractivity contribution is 6.30. The zero-order valence-corrected chi connectivity index (χ0v) is 16.0. The summed E-state index contributed by atoms with van der Waals surface area (Å²) in [5.74, 6) is 0. The first kappa shape index (κ1) is 18.2. The Balaban J connectivity index is 1.78.